The molecule has 180 valence electrons. The number of nitrogens with zero attached hydrogens (tertiary/aromatic N) is 1. The van der Waals surface area contributed by atoms with Gasteiger partial charge in [-0.1, -0.05) is 36.4 Å². The Kier molecular flexibility index (Phi) is 8.72. The highest BCUT2D eigenvalue weighted by Crippen LogP contribution is 2.31. The molecule has 0 saturated heterocycles. The van der Waals surface area contributed by atoms with E-state index in [1.165, 1.54) is 0 Å². The Morgan fingerprint density at radius 1 is 0.912 bits per heavy atom. The Labute approximate surface area is 203 Å². The fraction of sp³-hybridized carbons (Fsp3) is 0.345. The highest BCUT2D eigenvalue weighted by atomic mass is 16.5. The molecule has 1 amide bonds. The molecule has 0 aliphatic rings. The van der Waals surface area contributed by atoms with Gasteiger partial charge in [0.25, 0.3) is 5.91 Å². The number of methoxy groups -OCH3 is 1. The van der Waals surface area contributed by atoms with E-state index in [1.807, 2.05) is 61.5 Å². The summed E-state index contributed by atoms with van der Waals surface area (Å²) in [6.07, 6.45) is 0. The zero-order chi connectivity index (χ0) is 24.7. The van der Waals surface area contributed by atoms with E-state index in [-0.39, 0.29) is 5.91 Å². The fourth-order valence-electron chi connectivity index (χ4n) is 4.19. The number of carbonyl (C=O) groups is 1. The molecule has 0 saturated carbocycles. The van der Waals surface area contributed by atoms with E-state index in [9.17, 15) is 4.79 Å². The molecule has 0 unspecified atom stereocenters. The molecule has 0 atom stereocenters. The summed E-state index contributed by atoms with van der Waals surface area (Å²) in [6, 6.07) is 22.3. The third-order valence-electron chi connectivity index (χ3n) is 5.93. The van der Waals surface area contributed by atoms with Crippen LogP contribution in [0.1, 0.15) is 43.6 Å². The molecule has 3 aromatic carbocycles. The van der Waals surface area contributed by atoms with Crippen LogP contribution < -0.4 is 14.8 Å². The summed E-state index contributed by atoms with van der Waals surface area (Å²) in [4.78, 5) is 15.3. The van der Waals surface area contributed by atoms with Crippen LogP contribution in [0, 0.1) is 6.92 Å². The summed E-state index contributed by atoms with van der Waals surface area (Å²) >= 11 is 0. The Balaban J connectivity index is 1.70. The second-order valence-electron chi connectivity index (χ2n) is 8.99. The predicted octanol–water partition coefficient (Wildman–Crippen LogP) is 6.42. The molecule has 0 aromatic heterocycles. The Morgan fingerprint density at radius 3 is 2.24 bits per heavy atom. The van der Waals surface area contributed by atoms with Crippen LogP contribution in [0.4, 0.5) is 5.69 Å². The van der Waals surface area contributed by atoms with Crippen molar-refractivity contribution in [3.63, 3.8) is 0 Å². The minimum absolute atomic E-state index is 0.162. The first kappa shape index (κ1) is 25.3. The predicted molar refractivity (Wildman–Crippen MR) is 140 cm³/mol. The van der Waals surface area contributed by atoms with E-state index in [0.717, 1.165) is 23.2 Å². The average molecular weight is 461 g/mol. The first-order valence-electron chi connectivity index (χ1n) is 11.8. The van der Waals surface area contributed by atoms with Crippen molar-refractivity contribution in [3.05, 3.63) is 77.9 Å². The van der Waals surface area contributed by atoms with Crippen LogP contribution in [0.25, 0.3) is 11.1 Å². The van der Waals surface area contributed by atoms with Crippen LogP contribution in [0.3, 0.4) is 0 Å². The number of hydrogen-bond donors (Lipinski definition) is 1. The van der Waals surface area contributed by atoms with Crippen molar-refractivity contribution in [1.29, 1.82) is 0 Å². The summed E-state index contributed by atoms with van der Waals surface area (Å²) in [6.45, 7) is 12.1. The summed E-state index contributed by atoms with van der Waals surface area (Å²) in [7, 11) is 1.62. The van der Waals surface area contributed by atoms with Gasteiger partial charge in [0.05, 0.1) is 7.11 Å². The van der Waals surface area contributed by atoms with Gasteiger partial charge in [0.15, 0.2) is 11.5 Å². The van der Waals surface area contributed by atoms with Crippen molar-refractivity contribution >= 4 is 11.6 Å². The molecule has 3 aromatic rings. The molecular formula is C29H36N2O3. The van der Waals surface area contributed by atoms with E-state index >= 15 is 0 Å². The molecule has 0 aliphatic heterocycles. The van der Waals surface area contributed by atoms with Crippen molar-refractivity contribution in [2.45, 2.75) is 46.7 Å². The number of aryl methyl sites for hydroxylation is 1. The van der Waals surface area contributed by atoms with Crippen molar-refractivity contribution in [2.75, 3.05) is 25.6 Å². The van der Waals surface area contributed by atoms with Crippen LogP contribution in [0.15, 0.2) is 66.7 Å². The quantitative estimate of drug-likeness (QED) is 0.379. The Bertz CT molecular complexity index is 1090. The molecule has 0 spiro atoms. The first-order chi connectivity index (χ1) is 16.3. The second-order valence-corrected chi connectivity index (χ2v) is 8.99. The minimum atomic E-state index is -0.162. The monoisotopic (exact) mass is 460 g/mol. The van der Waals surface area contributed by atoms with E-state index in [0.29, 0.717) is 41.4 Å². The lowest BCUT2D eigenvalue weighted by atomic mass is 9.98. The van der Waals surface area contributed by atoms with Gasteiger partial charge in [0, 0.05) is 35.9 Å². The molecular weight excluding hydrogens is 424 g/mol. The standard InChI is InChI=1S/C29H36N2O3/c1-20(2)31(21(3)4)16-17-34-28-19-25(13-15-27(28)33-6)30-29(32)24-12-14-26(22(5)18-24)23-10-8-7-9-11-23/h7-15,18-21H,16-17H2,1-6H3,(H,30,32). The number of rotatable bonds is 10. The smallest absolute Gasteiger partial charge is 0.255 e. The van der Waals surface area contributed by atoms with Crippen LogP contribution in [-0.2, 0) is 0 Å². The van der Waals surface area contributed by atoms with Crippen LogP contribution in [0.5, 0.6) is 11.5 Å². The lowest BCUT2D eigenvalue weighted by molar-refractivity contribution is 0.102. The number of ether oxygens (including phenoxy) is 2. The van der Waals surface area contributed by atoms with Gasteiger partial charge in [-0.25, -0.2) is 0 Å². The molecule has 0 aliphatic carbocycles. The maximum absolute atomic E-state index is 12.9. The zero-order valence-corrected chi connectivity index (χ0v) is 21.1. The third-order valence-corrected chi connectivity index (χ3v) is 5.93. The maximum Gasteiger partial charge on any atom is 0.255 e. The van der Waals surface area contributed by atoms with Crippen molar-refractivity contribution in [3.8, 4) is 22.6 Å². The number of carbonyl (C=O) groups excluding carboxylic acids is 1. The van der Waals surface area contributed by atoms with Crippen LogP contribution >= 0.6 is 0 Å². The number of amides is 1. The molecule has 0 radical (unpaired) electrons. The van der Waals surface area contributed by atoms with E-state index in [4.69, 9.17) is 9.47 Å². The molecule has 5 heteroatoms. The highest BCUT2D eigenvalue weighted by molar-refractivity contribution is 6.04. The largest absolute Gasteiger partial charge is 0.493 e. The SMILES string of the molecule is COc1ccc(NC(=O)c2ccc(-c3ccccc3)c(C)c2)cc1OCCN(C(C)C)C(C)C. The van der Waals surface area contributed by atoms with E-state index < -0.39 is 0 Å². The van der Waals surface area contributed by atoms with Gasteiger partial charge < -0.3 is 14.8 Å². The van der Waals surface area contributed by atoms with Gasteiger partial charge in [-0.15, -0.1) is 0 Å². The van der Waals surface area contributed by atoms with E-state index in [1.54, 1.807) is 7.11 Å². The zero-order valence-electron chi connectivity index (χ0n) is 21.1. The summed E-state index contributed by atoms with van der Waals surface area (Å²) in [5.41, 5.74) is 4.58. The topological polar surface area (TPSA) is 50.8 Å². The molecule has 34 heavy (non-hydrogen) atoms. The molecule has 5 nitrogen and oxygen atoms in total. The normalized spacial score (nSPS) is 11.2. The van der Waals surface area contributed by atoms with E-state index in [2.05, 4.69) is 50.0 Å². The van der Waals surface area contributed by atoms with Crippen LogP contribution in [0.2, 0.25) is 0 Å². The summed E-state index contributed by atoms with van der Waals surface area (Å²) in [5.74, 6) is 1.09. The lowest BCUT2D eigenvalue weighted by Gasteiger charge is -2.30. The maximum atomic E-state index is 12.9. The Morgan fingerprint density at radius 2 is 1.62 bits per heavy atom. The third kappa shape index (κ3) is 6.39. The minimum Gasteiger partial charge on any atom is -0.493 e. The number of benzene rings is 3. The van der Waals surface area contributed by atoms with Crippen molar-refractivity contribution in [2.24, 2.45) is 0 Å². The fourth-order valence-corrected chi connectivity index (χ4v) is 4.19. The number of nitrogens with one attached hydrogen (secondary N) is 1. The van der Waals surface area contributed by atoms with Crippen LogP contribution in [-0.4, -0.2) is 43.2 Å². The van der Waals surface area contributed by atoms with Gasteiger partial charge >= 0.3 is 0 Å². The lowest BCUT2D eigenvalue weighted by Crippen LogP contribution is -2.39. The van der Waals surface area contributed by atoms with Gasteiger partial charge in [0.2, 0.25) is 0 Å². The first-order valence-corrected chi connectivity index (χ1v) is 11.8. The highest BCUT2D eigenvalue weighted by Gasteiger charge is 2.15. The second kappa shape index (κ2) is 11.7. The van der Waals surface area contributed by atoms with Crippen molar-refractivity contribution in [1.82, 2.24) is 4.90 Å². The Hall–Kier alpha value is -3.31. The summed E-state index contributed by atoms with van der Waals surface area (Å²) in [5, 5.41) is 2.99. The molecule has 0 bridgehead atoms. The van der Waals surface area contributed by atoms with Gasteiger partial charge in [-0.2, -0.15) is 0 Å². The molecule has 3 rings (SSSR count). The molecule has 0 fully saturated rings. The van der Waals surface area contributed by atoms with Crippen molar-refractivity contribution < 1.29 is 14.3 Å². The van der Waals surface area contributed by atoms with Gasteiger partial charge in [-0.3, -0.25) is 9.69 Å². The molecule has 0 heterocycles. The number of hydrogen-bond acceptors (Lipinski definition) is 4. The average Bonchev–Trinajstić information content (AvgIpc) is 2.82. The van der Waals surface area contributed by atoms with Gasteiger partial charge in [0.1, 0.15) is 6.61 Å². The summed E-state index contributed by atoms with van der Waals surface area (Å²) < 4.78 is 11.5. The molecule has 1 N–H and O–H groups in total. The number of anilines is 1. The van der Waals surface area contributed by atoms with Gasteiger partial charge in [-0.05, 0) is 75.6 Å².